The fourth-order valence-electron chi connectivity index (χ4n) is 7.44. The third-order valence-corrected chi connectivity index (χ3v) is 9.28. The highest BCUT2D eigenvalue weighted by molar-refractivity contribution is 8.03. The van der Waals surface area contributed by atoms with Gasteiger partial charge < -0.3 is 10.6 Å². The molecule has 1 aromatic carbocycles. The molecule has 1 aromatic rings. The van der Waals surface area contributed by atoms with Crippen molar-refractivity contribution in [2.75, 3.05) is 5.75 Å². The highest BCUT2D eigenvalue weighted by Crippen LogP contribution is 2.55. The van der Waals surface area contributed by atoms with Gasteiger partial charge in [-0.15, -0.1) is 0 Å². The highest BCUT2D eigenvalue weighted by Gasteiger charge is 2.51. The summed E-state index contributed by atoms with van der Waals surface area (Å²) in [5.41, 5.74) is 1.13. The van der Waals surface area contributed by atoms with Gasteiger partial charge in [-0.05, 0) is 70.1 Å². The van der Waals surface area contributed by atoms with Crippen molar-refractivity contribution >= 4 is 29.1 Å². The first kappa shape index (κ1) is 24.6. The summed E-state index contributed by atoms with van der Waals surface area (Å²) < 4.78 is 0. The van der Waals surface area contributed by atoms with Gasteiger partial charge in [0.15, 0.2) is 5.78 Å². The first-order chi connectivity index (χ1) is 17.2. The zero-order valence-electron chi connectivity index (χ0n) is 20.5. The molecule has 1 aliphatic heterocycles. The number of thioether (sulfide) groups is 1. The normalized spacial score (nSPS) is 30.6. The van der Waals surface area contributed by atoms with Crippen molar-refractivity contribution < 1.29 is 14.5 Å². The first-order valence-corrected chi connectivity index (χ1v) is 13.5. The Balaban J connectivity index is 1.39. The van der Waals surface area contributed by atoms with Gasteiger partial charge in [-0.25, -0.2) is 0 Å². The zero-order valence-corrected chi connectivity index (χ0v) is 21.3. The van der Waals surface area contributed by atoms with Crippen LogP contribution in [0.25, 0.3) is 0 Å². The molecule has 4 saturated carbocycles. The topological polar surface area (TPSA) is 125 Å². The number of nitro groups is 1. The molecule has 6 rings (SSSR count). The number of para-hydroxylation sites is 1. The third-order valence-electron chi connectivity index (χ3n) is 8.26. The lowest BCUT2D eigenvalue weighted by atomic mass is 9.53. The van der Waals surface area contributed by atoms with Crippen molar-refractivity contribution in [3.05, 3.63) is 61.8 Å². The summed E-state index contributed by atoms with van der Waals surface area (Å²) in [6.07, 6.45) is 7.06. The van der Waals surface area contributed by atoms with E-state index in [-0.39, 0.29) is 34.2 Å². The van der Waals surface area contributed by atoms with Gasteiger partial charge in [0, 0.05) is 28.4 Å². The molecule has 1 atom stereocenters. The summed E-state index contributed by atoms with van der Waals surface area (Å²) >= 11 is 1.22. The quantitative estimate of drug-likeness (QED) is 0.406. The number of amides is 1. The van der Waals surface area contributed by atoms with E-state index in [0.29, 0.717) is 21.9 Å². The second kappa shape index (κ2) is 9.40. The molecule has 9 heteroatoms. The maximum absolute atomic E-state index is 13.1. The summed E-state index contributed by atoms with van der Waals surface area (Å²) in [5, 5.41) is 28.8. The van der Waals surface area contributed by atoms with Crippen LogP contribution in [0.5, 0.6) is 0 Å². The second-order valence-electron chi connectivity index (χ2n) is 10.9. The van der Waals surface area contributed by atoms with Crippen LogP contribution in [0.15, 0.2) is 46.1 Å². The molecule has 188 valence electrons. The van der Waals surface area contributed by atoms with E-state index in [9.17, 15) is 25.0 Å². The average molecular weight is 507 g/mol. The Labute approximate surface area is 214 Å². The number of ketones is 1. The molecule has 0 spiro atoms. The highest BCUT2D eigenvalue weighted by atomic mass is 32.2. The molecule has 1 amide bonds. The van der Waals surface area contributed by atoms with Crippen LogP contribution in [0.1, 0.15) is 63.9 Å². The Hall–Kier alpha value is -3.12. The predicted octanol–water partition coefficient (Wildman–Crippen LogP) is 4.70. The van der Waals surface area contributed by atoms with Gasteiger partial charge in [-0.2, -0.15) is 5.26 Å². The van der Waals surface area contributed by atoms with E-state index >= 15 is 0 Å². The molecule has 8 nitrogen and oxygen atoms in total. The van der Waals surface area contributed by atoms with Crippen LogP contribution in [-0.4, -0.2) is 27.9 Å². The number of carbonyl (C=O) groups excluding carboxylic acids is 2. The lowest BCUT2D eigenvalue weighted by Crippen LogP contribution is -2.60. The van der Waals surface area contributed by atoms with Crippen LogP contribution in [0, 0.1) is 39.2 Å². The smallest absolute Gasteiger partial charge is 0.273 e. The number of nitro benzene ring substituents is 1. The minimum absolute atomic E-state index is 0.0604. The molecule has 0 aromatic heterocycles. The van der Waals surface area contributed by atoms with Crippen LogP contribution in [0.3, 0.4) is 0 Å². The van der Waals surface area contributed by atoms with Gasteiger partial charge in [0.1, 0.15) is 0 Å². The number of hydrogen-bond acceptors (Lipinski definition) is 7. The number of allylic oxidation sites excluding steroid dienone is 3. The Kier molecular flexibility index (Phi) is 6.41. The molecule has 4 bridgehead atoms. The van der Waals surface area contributed by atoms with Crippen LogP contribution < -0.4 is 10.6 Å². The lowest BCUT2D eigenvalue weighted by Gasteiger charge is -2.56. The van der Waals surface area contributed by atoms with E-state index in [1.54, 1.807) is 25.1 Å². The zero-order chi connectivity index (χ0) is 25.6. The number of Topliss-reactive ketones (excluding diaryl/α,β-unsaturated/α-hetero) is 1. The molecule has 1 unspecified atom stereocenters. The molecule has 4 fully saturated rings. The van der Waals surface area contributed by atoms with E-state index in [1.165, 1.54) is 44.0 Å². The first-order valence-electron chi connectivity index (χ1n) is 12.5. The second-order valence-corrected chi connectivity index (χ2v) is 11.8. The summed E-state index contributed by atoms with van der Waals surface area (Å²) in [4.78, 5) is 36.9. The van der Waals surface area contributed by atoms with Crippen LogP contribution in [0.4, 0.5) is 5.69 Å². The Morgan fingerprint density at radius 3 is 2.36 bits per heavy atom. The third kappa shape index (κ3) is 4.43. The molecular formula is C27H30N4O4S. The predicted molar refractivity (Wildman–Crippen MR) is 136 cm³/mol. The Morgan fingerprint density at radius 2 is 1.81 bits per heavy atom. The van der Waals surface area contributed by atoms with Crippen molar-refractivity contribution in [2.24, 2.45) is 17.8 Å². The molecule has 36 heavy (non-hydrogen) atoms. The van der Waals surface area contributed by atoms with Gasteiger partial charge in [0.05, 0.1) is 33.3 Å². The summed E-state index contributed by atoms with van der Waals surface area (Å²) in [6.45, 7) is 3.12. The van der Waals surface area contributed by atoms with Gasteiger partial charge in [-0.1, -0.05) is 30.0 Å². The summed E-state index contributed by atoms with van der Waals surface area (Å²) in [5.74, 6) is 1.09. The number of carbonyl (C=O) groups is 2. The van der Waals surface area contributed by atoms with Gasteiger partial charge >= 0.3 is 0 Å². The maximum atomic E-state index is 13.1. The van der Waals surface area contributed by atoms with Crippen molar-refractivity contribution in [3.8, 4) is 6.07 Å². The number of hydrogen-bond donors (Lipinski definition) is 2. The average Bonchev–Trinajstić information content (AvgIpc) is 2.80. The minimum atomic E-state index is -0.871. The number of nitrogens with one attached hydrogen (secondary N) is 2. The molecule has 4 aliphatic carbocycles. The van der Waals surface area contributed by atoms with E-state index in [0.717, 1.165) is 37.0 Å². The number of nitriles is 1. The van der Waals surface area contributed by atoms with Crippen LogP contribution in [0.2, 0.25) is 0 Å². The minimum Gasteiger partial charge on any atom is -0.353 e. The number of nitrogens with zero attached hydrogens (tertiary/aromatic N) is 2. The van der Waals surface area contributed by atoms with Crippen molar-refractivity contribution in [1.29, 1.82) is 5.26 Å². The van der Waals surface area contributed by atoms with Crippen molar-refractivity contribution in [2.45, 2.75) is 63.8 Å². The molecule has 5 aliphatic rings. The van der Waals surface area contributed by atoms with Crippen molar-refractivity contribution in [1.82, 2.24) is 10.6 Å². The number of benzene rings is 1. The largest absolute Gasteiger partial charge is 0.353 e. The molecular weight excluding hydrogens is 476 g/mol. The lowest BCUT2D eigenvalue weighted by molar-refractivity contribution is -0.385. The van der Waals surface area contributed by atoms with Gasteiger partial charge in [0.2, 0.25) is 5.91 Å². The van der Waals surface area contributed by atoms with Crippen molar-refractivity contribution in [3.63, 3.8) is 0 Å². The fraction of sp³-hybridized carbons (Fsp3) is 0.519. The van der Waals surface area contributed by atoms with Crippen LogP contribution >= 0.6 is 11.8 Å². The Bertz CT molecular complexity index is 1210. The van der Waals surface area contributed by atoms with Gasteiger partial charge in [-0.3, -0.25) is 19.7 Å². The summed E-state index contributed by atoms with van der Waals surface area (Å²) in [7, 11) is 0. The fourth-order valence-corrected chi connectivity index (χ4v) is 8.33. The van der Waals surface area contributed by atoms with E-state index in [1.807, 2.05) is 0 Å². The maximum Gasteiger partial charge on any atom is 0.273 e. The van der Waals surface area contributed by atoms with E-state index in [4.69, 9.17) is 0 Å². The SMILES string of the molecule is CC(=O)C1=C(C)NC(SCC(=O)NC23CC4CC(CC(C4)C2)C3)=C(C#N)C1c1ccccc1[N+](=O)[O-]. The molecule has 2 N–H and O–H groups in total. The van der Waals surface area contributed by atoms with E-state index < -0.39 is 10.8 Å². The molecule has 1 heterocycles. The standard InChI is InChI=1S/C27H30N4O4S/c1-15-24(16(2)32)25(20-5-3-4-6-22(20)31(34)35)21(13-28)26(29-15)36-14-23(33)30-27-10-17-7-18(11-27)9-19(8-17)12-27/h3-6,17-19,25,29H,7-12,14H2,1-2H3,(H,30,33). The summed E-state index contributed by atoms with van der Waals surface area (Å²) in [6, 6.07) is 8.37. The van der Waals surface area contributed by atoms with Gasteiger partial charge in [0.25, 0.3) is 5.69 Å². The van der Waals surface area contributed by atoms with Crippen LogP contribution in [-0.2, 0) is 9.59 Å². The number of dihydropyridines is 1. The molecule has 0 radical (unpaired) electrons. The molecule has 0 saturated heterocycles. The Morgan fingerprint density at radius 1 is 1.19 bits per heavy atom. The van der Waals surface area contributed by atoms with E-state index in [2.05, 4.69) is 16.7 Å². The monoisotopic (exact) mass is 506 g/mol. The number of rotatable bonds is 7.